The van der Waals surface area contributed by atoms with Crippen LogP contribution in [0.4, 0.5) is 13.9 Å². The normalized spacial score (nSPS) is 11.4. The molecule has 0 unspecified atom stereocenters. The number of hydrogen-bond acceptors (Lipinski definition) is 5. The Labute approximate surface area is 154 Å². The average Bonchev–Trinajstić information content (AvgIpc) is 3.12. The summed E-state index contributed by atoms with van der Waals surface area (Å²) in [4.78, 5) is 5.98. The van der Waals surface area contributed by atoms with Crippen molar-refractivity contribution in [2.24, 2.45) is 0 Å². The third kappa shape index (κ3) is 3.77. The Morgan fingerprint density at radius 2 is 1.77 bits per heavy atom. The lowest BCUT2D eigenvalue weighted by molar-refractivity contribution is 0.0175. The molecule has 7 heteroatoms. The Hall–Kier alpha value is -2.67. The molecular formula is C19H18F2N4S. The number of halogens is 2. The predicted molar refractivity (Wildman–Crippen MR) is 101 cm³/mol. The molecule has 0 bridgehead atoms. The van der Waals surface area contributed by atoms with Gasteiger partial charge in [-0.2, -0.15) is 0 Å². The van der Waals surface area contributed by atoms with Crippen molar-refractivity contribution in [3.05, 3.63) is 66.5 Å². The van der Waals surface area contributed by atoms with Gasteiger partial charge in [-0.15, -0.1) is 10.2 Å². The van der Waals surface area contributed by atoms with E-state index in [0.29, 0.717) is 16.7 Å². The fourth-order valence-electron chi connectivity index (χ4n) is 2.49. The Morgan fingerprint density at radius 3 is 2.35 bits per heavy atom. The Bertz CT molecular complexity index is 886. The highest BCUT2D eigenvalue weighted by Gasteiger charge is 2.24. The van der Waals surface area contributed by atoms with Gasteiger partial charge in [0.25, 0.3) is 5.92 Å². The molecule has 26 heavy (non-hydrogen) atoms. The lowest BCUT2D eigenvalue weighted by Crippen LogP contribution is -2.20. The maximum atomic E-state index is 13.3. The maximum Gasteiger partial charge on any atom is 0.270 e. The zero-order valence-electron chi connectivity index (χ0n) is 14.5. The Kier molecular flexibility index (Phi) is 5.08. The molecule has 134 valence electrons. The second-order valence-corrected chi connectivity index (χ2v) is 6.74. The molecule has 0 aliphatic carbocycles. The first kappa shape index (κ1) is 18.1. The van der Waals surface area contributed by atoms with Crippen LogP contribution in [0.5, 0.6) is 0 Å². The molecule has 1 aromatic carbocycles. The number of pyridine rings is 1. The lowest BCUT2D eigenvalue weighted by Gasteiger charge is -2.21. The van der Waals surface area contributed by atoms with E-state index >= 15 is 0 Å². The second kappa shape index (κ2) is 7.29. The van der Waals surface area contributed by atoms with Crippen LogP contribution in [-0.2, 0) is 5.92 Å². The molecule has 0 spiro atoms. The number of alkyl halides is 2. The number of benzene rings is 1. The quantitative estimate of drug-likeness (QED) is 0.596. The second-order valence-electron chi connectivity index (χ2n) is 5.78. The molecule has 0 saturated heterocycles. The molecule has 0 fully saturated rings. The van der Waals surface area contributed by atoms with Crippen LogP contribution < -0.4 is 4.90 Å². The van der Waals surface area contributed by atoms with Crippen molar-refractivity contribution in [2.45, 2.75) is 19.8 Å². The Morgan fingerprint density at radius 1 is 1.12 bits per heavy atom. The average molecular weight is 372 g/mol. The molecule has 3 rings (SSSR count). The van der Waals surface area contributed by atoms with Gasteiger partial charge in [0.05, 0.1) is 0 Å². The number of aromatic nitrogens is 3. The van der Waals surface area contributed by atoms with E-state index in [0.717, 1.165) is 23.7 Å². The predicted octanol–water partition coefficient (Wildman–Crippen LogP) is 5.21. The van der Waals surface area contributed by atoms with Crippen molar-refractivity contribution in [1.29, 1.82) is 0 Å². The SMILES string of the molecule is C=C(c1ccncc1)N(CC)c1nnc(-c2ccc(C(C)(F)F)cc2)s1. The van der Waals surface area contributed by atoms with Crippen LogP contribution >= 0.6 is 11.3 Å². The van der Waals surface area contributed by atoms with Crippen LogP contribution in [0.1, 0.15) is 25.0 Å². The summed E-state index contributed by atoms with van der Waals surface area (Å²) in [5, 5.41) is 9.84. The van der Waals surface area contributed by atoms with E-state index in [-0.39, 0.29) is 5.56 Å². The minimum absolute atomic E-state index is 0.0211. The van der Waals surface area contributed by atoms with E-state index in [9.17, 15) is 8.78 Å². The number of hydrogen-bond donors (Lipinski definition) is 0. The van der Waals surface area contributed by atoms with E-state index in [1.165, 1.54) is 23.5 Å². The fraction of sp³-hybridized carbons (Fsp3) is 0.211. The van der Waals surface area contributed by atoms with Crippen LogP contribution in [0, 0.1) is 0 Å². The summed E-state index contributed by atoms with van der Waals surface area (Å²) in [5.41, 5.74) is 2.49. The summed E-state index contributed by atoms with van der Waals surface area (Å²) in [6, 6.07) is 9.90. The first-order valence-electron chi connectivity index (χ1n) is 8.09. The standard InChI is InChI=1S/C19H18F2N4S/c1-4-25(13(2)14-9-11-22-12-10-14)18-24-23-17(26-18)15-5-7-16(8-6-15)19(3,20)21/h5-12H,2,4H2,1,3H3. The molecule has 0 N–H and O–H groups in total. The molecule has 4 nitrogen and oxygen atoms in total. The van der Waals surface area contributed by atoms with Crippen molar-refractivity contribution in [3.63, 3.8) is 0 Å². The first-order valence-corrected chi connectivity index (χ1v) is 8.91. The van der Waals surface area contributed by atoms with E-state index in [4.69, 9.17) is 0 Å². The van der Waals surface area contributed by atoms with Gasteiger partial charge in [-0.3, -0.25) is 4.98 Å². The molecule has 0 atom stereocenters. The zero-order chi connectivity index (χ0) is 18.7. The van der Waals surface area contributed by atoms with Crippen molar-refractivity contribution in [3.8, 4) is 10.6 Å². The molecule has 2 heterocycles. The van der Waals surface area contributed by atoms with Gasteiger partial charge in [-0.05, 0) is 19.1 Å². The third-order valence-electron chi connectivity index (χ3n) is 3.94. The van der Waals surface area contributed by atoms with Gasteiger partial charge in [-0.1, -0.05) is 42.2 Å². The van der Waals surface area contributed by atoms with Crippen LogP contribution in [-0.4, -0.2) is 21.7 Å². The Balaban J connectivity index is 1.85. The molecule has 0 radical (unpaired) electrons. The van der Waals surface area contributed by atoms with E-state index in [2.05, 4.69) is 21.8 Å². The van der Waals surface area contributed by atoms with Crippen LogP contribution in [0.25, 0.3) is 16.3 Å². The molecule has 0 saturated carbocycles. The highest BCUT2D eigenvalue weighted by atomic mass is 32.1. The molecule has 2 aromatic heterocycles. The zero-order valence-corrected chi connectivity index (χ0v) is 15.3. The minimum atomic E-state index is -2.86. The molecule has 3 aromatic rings. The van der Waals surface area contributed by atoms with Crippen molar-refractivity contribution in [2.75, 3.05) is 11.4 Å². The van der Waals surface area contributed by atoms with Crippen molar-refractivity contribution < 1.29 is 8.78 Å². The monoisotopic (exact) mass is 372 g/mol. The molecular weight excluding hydrogens is 354 g/mol. The van der Waals surface area contributed by atoms with Gasteiger partial charge in [0.15, 0.2) is 0 Å². The lowest BCUT2D eigenvalue weighted by atomic mass is 10.1. The number of anilines is 1. The van der Waals surface area contributed by atoms with E-state index in [1.54, 1.807) is 24.5 Å². The summed E-state index contributed by atoms with van der Waals surface area (Å²) in [6.07, 6.45) is 3.43. The van der Waals surface area contributed by atoms with Gasteiger partial charge in [0, 0.05) is 48.2 Å². The van der Waals surface area contributed by atoms with Crippen LogP contribution in [0.2, 0.25) is 0 Å². The summed E-state index contributed by atoms with van der Waals surface area (Å²) in [6.45, 7) is 7.71. The fourth-order valence-corrected chi connectivity index (χ4v) is 3.43. The first-order chi connectivity index (χ1) is 12.4. The summed E-state index contributed by atoms with van der Waals surface area (Å²) >= 11 is 1.39. The summed E-state index contributed by atoms with van der Waals surface area (Å²) < 4.78 is 26.7. The van der Waals surface area contributed by atoms with Crippen LogP contribution in [0.3, 0.4) is 0 Å². The van der Waals surface area contributed by atoms with E-state index < -0.39 is 5.92 Å². The minimum Gasteiger partial charge on any atom is -0.317 e. The number of rotatable bonds is 6. The third-order valence-corrected chi connectivity index (χ3v) is 4.93. The smallest absolute Gasteiger partial charge is 0.270 e. The van der Waals surface area contributed by atoms with Gasteiger partial charge >= 0.3 is 0 Å². The van der Waals surface area contributed by atoms with Gasteiger partial charge in [-0.25, -0.2) is 8.78 Å². The van der Waals surface area contributed by atoms with Crippen molar-refractivity contribution in [1.82, 2.24) is 15.2 Å². The molecule has 0 amide bonds. The van der Waals surface area contributed by atoms with Gasteiger partial charge in [0.1, 0.15) is 5.01 Å². The van der Waals surface area contributed by atoms with Gasteiger partial charge < -0.3 is 4.90 Å². The van der Waals surface area contributed by atoms with Crippen molar-refractivity contribution >= 4 is 22.2 Å². The molecule has 0 aliphatic rings. The maximum absolute atomic E-state index is 13.3. The van der Waals surface area contributed by atoms with E-state index in [1.807, 2.05) is 24.0 Å². The highest BCUT2D eigenvalue weighted by Crippen LogP contribution is 2.34. The number of nitrogens with zero attached hydrogens (tertiary/aromatic N) is 4. The summed E-state index contributed by atoms with van der Waals surface area (Å²) in [7, 11) is 0. The largest absolute Gasteiger partial charge is 0.317 e. The van der Waals surface area contributed by atoms with Crippen LogP contribution in [0.15, 0.2) is 55.4 Å². The summed E-state index contributed by atoms with van der Waals surface area (Å²) in [5.74, 6) is -2.86. The van der Waals surface area contributed by atoms with Gasteiger partial charge in [0.2, 0.25) is 5.13 Å². The molecule has 0 aliphatic heterocycles. The topological polar surface area (TPSA) is 41.9 Å². The highest BCUT2D eigenvalue weighted by molar-refractivity contribution is 7.18.